The van der Waals surface area contributed by atoms with Crippen LogP contribution in [0.15, 0.2) is 23.7 Å². The zero-order valence-electron chi connectivity index (χ0n) is 11.8. The Bertz CT molecular complexity index is 615. The number of aromatic nitrogens is 1. The molecular formula is C15H17ClN2OS2. The highest BCUT2D eigenvalue weighted by Crippen LogP contribution is 2.38. The van der Waals surface area contributed by atoms with Crippen molar-refractivity contribution in [1.82, 2.24) is 9.88 Å². The van der Waals surface area contributed by atoms with Gasteiger partial charge in [0.25, 0.3) is 0 Å². The van der Waals surface area contributed by atoms with Crippen molar-refractivity contribution in [2.24, 2.45) is 0 Å². The van der Waals surface area contributed by atoms with Crippen molar-refractivity contribution in [3.63, 3.8) is 0 Å². The lowest BCUT2D eigenvalue weighted by Crippen LogP contribution is -2.44. The number of thiazole rings is 1. The Morgan fingerprint density at radius 3 is 2.81 bits per heavy atom. The average molecular weight is 341 g/mol. The maximum absolute atomic E-state index is 12.3. The van der Waals surface area contributed by atoms with E-state index in [1.807, 2.05) is 22.4 Å². The van der Waals surface area contributed by atoms with E-state index < -0.39 is 0 Å². The van der Waals surface area contributed by atoms with E-state index in [0.29, 0.717) is 6.42 Å². The third-order valence-corrected chi connectivity index (χ3v) is 6.42. The zero-order valence-corrected chi connectivity index (χ0v) is 14.2. The largest absolute Gasteiger partial charge is 0.342 e. The van der Waals surface area contributed by atoms with Crippen LogP contribution in [0.3, 0.4) is 0 Å². The van der Waals surface area contributed by atoms with Crippen LogP contribution in [0, 0.1) is 0 Å². The fourth-order valence-electron chi connectivity index (χ4n) is 2.67. The van der Waals surface area contributed by atoms with Crippen molar-refractivity contribution < 1.29 is 4.79 Å². The number of rotatable bonds is 3. The Morgan fingerprint density at radius 1 is 1.48 bits per heavy atom. The molecule has 2 aromatic rings. The predicted octanol–water partition coefficient (Wildman–Crippen LogP) is 3.98. The lowest BCUT2D eigenvalue weighted by atomic mass is 9.81. The van der Waals surface area contributed by atoms with Crippen LogP contribution in [-0.4, -0.2) is 28.9 Å². The monoisotopic (exact) mass is 340 g/mol. The molecule has 21 heavy (non-hydrogen) atoms. The van der Waals surface area contributed by atoms with Crippen molar-refractivity contribution in [2.45, 2.75) is 31.6 Å². The Hall–Kier alpha value is -0.910. The van der Waals surface area contributed by atoms with Crippen molar-refractivity contribution in [3.05, 3.63) is 37.9 Å². The molecule has 1 fully saturated rings. The number of likely N-dealkylation sites (tertiary alicyclic amines) is 1. The number of carbonyl (C=O) groups excluding carboxylic acids is 1. The SMILES string of the molecule is CC1(c2ncc(Cl)s2)CCN(C(=O)Cc2cccs2)CC1. The minimum Gasteiger partial charge on any atom is -0.342 e. The number of hydrogen-bond acceptors (Lipinski definition) is 4. The molecule has 0 N–H and O–H groups in total. The number of hydrogen-bond donors (Lipinski definition) is 0. The summed E-state index contributed by atoms with van der Waals surface area (Å²) in [6.45, 7) is 3.83. The Balaban J connectivity index is 1.61. The van der Waals surface area contributed by atoms with Gasteiger partial charge in [0.05, 0.1) is 12.6 Å². The van der Waals surface area contributed by atoms with Crippen LogP contribution in [0.1, 0.15) is 29.7 Å². The number of piperidine rings is 1. The summed E-state index contributed by atoms with van der Waals surface area (Å²) < 4.78 is 0.738. The molecule has 1 aliphatic heterocycles. The fourth-order valence-corrected chi connectivity index (χ4v) is 4.48. The van der Waals surface area contributed by atoms with Crippen molar-refractivity contribution in [1.29, 1.82) is 0 Å². The molecule has 0 unspecified atom stereocenters. The normalized spacial score (nSPS) is 17.9. The van der Waals surface area contributed by atoms with Gasteiger partial charge in [0.2, 0.25) is 5.91 Å². The molecule has 0 saturated carbocycles. The van der Waals surface area contributed by atoms with Gasteiger partial charge in [-0.2, -0.15) is 0 Å². The van der Waals surface area contributed by atoms with E-state index in [2.05, 4.69) is 11.9 Å². The van der Waals surface area contributed by atoms with Crippen molar-refractivity contribution in [2.75, 3.05) is 13.1 Å². The van der Waals surface area contributed by atoms with E-state index in [1.54, 1.807) is 28.9 Å². The predicted molar refractivity (Wildman–Crippen MR) is 88.3 cm³/mol. The van der Waals surface area contributed by atoms with Gasteiger partial charge in [0.15, 0.2) is 0 Å². The van der Waals surface area contributed by atoms with E-state index >= 15 is 0 Å². The molecule has 0 radical (unpaired) electrons. The van der Waals surface area contributed by atoms with Crippen LogP contribution in [0.5, 0.6) is 0 Å². The van der Waals surface area contributed by atoms with E-state index in [0.717, 1.165) is 40.2 Å². The second kappa shape index (κ2) is 6.07. The van der Waals surface area contributed by atoms with E-state index in [9.17, 15) is 4.79 Å². The molecule has 3 rings (SSSR count). The van der Waals surface area contributed by atoms with Crippen molar-refractivity contribution >= 4 is 40.2 Å². The van der Waals surface area contributed by atoms with Crippen LogP contribution in [0.25, 0.3) is 0 Å². The highest BCUT2D eigenvalue weighted by molar-refractivity contribution is 7.16. The molecule has 6 heteroatoms. The smallest absolute Gasteiger partial charge is 0.227 e. The highest BCUT2D eigenvalue weighted by atomic mass is 35.5. The third-order valence-electron chi connectivity index (χ3n) is 4.12. The van der Waals surface area contributed by atoms with Crippen molar-refractivity contribution in [3.8, 4) is 0 Å². The standard InChI is InChI=1S/C15H17ClN2OS2/c1-15(14-17-10-12(16)21-14)4-6-18(7-5-15)13(19)9-11-3-2-8-20-11/h2-3,8,10H,4-7,9H2,1H3. The summed E-state index contributed by atoms with van der Waals surface area (Å²) in [4.78, 5) is 19.9. The number of halogens is 1. The zero-order chi connectivity index (χ0) is 14.9. The first-order valence-corrected chi connectivity index (χ1v) is 9.06. The average Bonchev–Trinajstić information content (AvgIpc) is 3.11. The molecule has 3 nitrogen and oxygen atoms in total. The minimum atomic E-state index is 0.0531. The highest BCUT2D eigenvalue weighted by Gasteiger charge is 2.35. The lowest BCUT2D eigenvalue weighted by molar-refractivity contribution is -0.131. The second-order valence-electron chi connectivity index (χ2n) is 5.67. The molecule has 0 aliphatic carbocycles. The number of nitrogens with zero attached hydrogens (tertiary/aromatic N) is 2. The summed E-state index contributed by atoms with van der Waals surface area (Å²) in [5.41, 5.74) is 0.0531. The van der Waals surface area contributed by atoms with Gasteiger partial charge in [0, 0.05) is 23.4 Å². The lowest BCUT2D eigenvalue weighted by Gasteiger charge is -2.38. The van der Waals surface area contributed by atoms with Gasteiger partial charge in [-0.15, -0.1) is 22.7 Å². The molecule has 0 bridgehead atoms. The Kier molecular flexibility index (Phi) is 4.33. The molecule has 3 heterocycles. The van der Waals surface area contributed by atoms with Gasteiger partial charge in [-0.1, -0.05) is 24.6 Å². The second-order valence-corrected chi connectivity index (χ2v) is 8.36. The first kappa shape index (κ1) is 15.0. The maximum Gasteiger partial charge on any atom is 0.227 e. The summed E-state index contributed by atoms with van der Waals surface area (Å²) >= 11 is 9.20. The van der Waals surface area contributed by atoms with Gasteiger partial charge in [0.1, 0.15) is 9.34 Å². The summed E-state index contributed by atoms with van der Waals surface area (Å²) in [6, 6.07) is 4.01. The third kappa shape index (κ3) is 3.30. The summed E-state index contributed by atoms with van der Waals surface area (Å²) in [7, 11) is 0. The maximum atomic E-state index is 12.3. The molecule has 1 amide bonds. The van der Waals surface area contributed by atoms with Gasteiger partial charge < -0.3 is 4.90 Å². The summed E-state index contributed by atoms with van der Waals surface area (Å²) in [6.07, 6.45) is 4.15. The Morgan fingerprint density at radius 2 is 2.24 bits per heavy atom. The summed E-state index contributed by atoms with van der Waals surface area (Å²) in [5, 5.41) is 3.11. The van der Waals surface area contributed by atoms with E-state index in [4.69, 9.17) is 11.6 Å². The van der Waals surface area contributed by atoms with Crippen LogP contribution in [0.4, 0.5) is 0 Å². The topological polar surface area (TPSA) is 33.2 Å². The molecule has 0 aromatic carbocycles. The van der Waals surface area contributed by atoms with Gasteiger partial charge in [-0.05, 0) is 24.3 Å². The molecular weight excluding hydrogens is 324 g/mol. The van der Waals surface area contributed by atoms with Crippen LogP contribution < -0.4 is 0 Å². The van der Waals surface area contributed by atoms with Crippen LogP contribution in [-0.2, 0) is 16.6 Å². The first-order valence-electron chi connectivity index (χ1n) is 6.99. The van der Waals surface area contributed by atoms with Gasteiger partial charge >= 0.3 is 0 Å². The van der Waals surface area contributed by atoms with Gasteiger partial charge in [-0.25, -0.2) is 4.98 Å². The minimum absolute atomic E-state index is 0.0531. The molecule has 112 valence electrons. The summed E-state index contributed by atoms with van der Waals surface area (Å²) in [5.74, 6) is 0.233. The number of thiophene rings is 1. The number of carbonyl (C=O) groups is 1. The molecule has 0 spiro atoms. The molecule has 1 saturated heterocycles. The quantitative estimate of drug-likeness (QED) is 0.846. The molecule has 2 aromatic heterocycles. The molecule has 1 aliphatic rings. The van der Waals surface area contributed by atoms with E-state index in [-0.39, 0.29) is 11.3 Å². The Labute approximate surface area is 137 Å². The number of amides is 1. The van der Waals surface area contributed by atoms with E-state index in [1.165, 1.54) is 0 Å². The van der Waals surface area contributed by atoms with Crippen LogP contribution in [0.2, 0.25) is 4.34 Å². The molecule has 0 atom stereocenters. The first-order chi connectivity index (χ1) is 10.1. The fraction of sp³-hybridized carbons (Fsp3) is 0.467. The van der Waals surface area contributed by atoms with Crippen LogP contribution >= 0.6 is 34.3 Å². The van der Waals surface area contributed by atoms with Gasteiger partial charge in [-0.3, -0.25) is 4.79 Å².